The minimum Gasteiger partial charge on any atom is -0.477 e. The standard InChI is InChI=1S/C12H19NO3S/c1-4-13(8-12(2,3)16)7-9-5-6-17-10(9)11(14)15/h5-6,16H,4,7-8H2,1-3H3,(H,14,15). The zero-order valence-electron chi connectivity index (χ0n) is 10.4. The number of hydrogen-bond donors (Lipinski definition) is 2. The van der Waals surface area contributed by atoms with Gasteiger partial charge in [-0.3, -0.25) is 4.90 Å². The lowest BCUT2D eigenvalue weighted by molar-refractivity contribution is 0.0353. The monoisotopic (exact) mass is 257 g/mol. The van der Waals surface area contributed by atoms with E-state index in [0.29, 0.717) is 18.0 Å². The van der Waals surface area contributed by atoms with Crippen LogP contribution in [0.25, 0.3) is 0 Å². The van der Waals surface area contributed by atoms with Crippen LogP contribution in [0.1, 0.15) is 36.0 Å². The summed E-state index contributed by atoms with van der Waals surface area (Å²) in [4.78, 5) is 13.4. The average molecular weight is 257 g/mol. The maximum absolute atomic E-state index is 11.0. The van der Waals surface area contributed by atoms with Gasteiger partial charge in [-0.15, -0.1) is 11.3 Å². The fraction of sp³-hybridized carbons (Fsp3) is 0.583. The molecule has 0 amide bonds. The van der Waals surface area contributed by atoms with E-state index in [9.17, 15) is 9.90 Å². The predicted octanol–water partition coefficient (Wildman–Crippen LogP) is 2.04. The molecule has 1 heterocycles. The Balaban J connectivity index is 2.74. The highest BCUT2D eigenvalue weighted by Crippen LogP contribution is 2.19. The first-order chi connectivity index (χ1) is 7.83. The number of thiophene rings is 1. The molecule has 0 unspecified atom stereocenters. The largest absolute Gasteiger partial charge is 0.477 e. The molecule has 4 nitrogen and oxygen atoms in total. The van der Waals surface area contributed by atoms with Crippen LogP contribution in [-0.2, 0) is 6.54 Å². The average Bonchev–Trinajstić information content (AvgIpc) is 2.62. The normalized spacial score (nSPS) is 12.1. The molecule has 0 aliphatic carbocycles. The molecule has 0 bridgehead atoms. The van der Waals surface area contributed by atoms with Gasteiger partial charge in [0.25, 0.3) is 0 Å². The van der Waals surface area contributed by atoms with Crippen LogP contribution in [0.3, 0.4) is 0 Å². The Morgan fingerprint density at radius 1 is 1.53 bits per heavy atom. The SMILES string of the molecule is CCN(Cc1ccsc1C(=O)O)CC(C)(C)O. The zero-order valence-corrected chi connectivity index (χ0v) is 11.3. The van der Waals surface area contributed by atoms with Crippen molar-refractivity contribution in [2.75, 3.05) is 13.1 Å². The van der Waals surface area contributed by atoms with E-state index in [4.69, 9.17) is 5.11 Å². The fourth-order valence-corrected chi connectivity index (χ4v) is 2.47. The number of hydrogen-bond acceptors (Lipinski definition) is 4. The van der Waals surface area contributed by atoms with Crippen molar-refractivity contribution < 1.29 is 15.0 Å². The van der Waals surface area contributed by atoms with Crippen LogP contribution in [0, 0.1) is 0 Å². The Kier molecular flexibility index (Phi) is 4.68. The minimum absolute atomic E-state index is 0.388. The molecule has 1 rings (SSSR count). The summed E-state index contributed by atoms with van der Waals surface area (Å²) >= 11 is 1.24. The number of likely N-dealkylation sites (N-methyl/N-ethyl adjacent to an activating group) is 1. The van der Waals surface area contributed by atoms with Gasteiger partial charge in [-0.2, -0.15) is 0 Å². The van der Waals surface area contributed by atoms with Crippen LogP contribution >= 0.6 is 11.3 Å². The van der Waals surface area contributed by atoms with Crippen molar-refractivity contribution >= 4 is 17.3 Å². The lowest BCUT2D eigenvalue weighted by Gasteiger charge is -2.27. The summed E-state index contributed by atoms with van der Waals surface area (Å²) in [6.45, 7) is 7.37. The molecule has 0 fully saturated rings. The first-order valence-corrected chi connectivity index (χ1v) is 6.46. The summed E-state index contributed by atoms with van der Waals surface area (Å²) in [7, 11) is 0. The fourth-order valence-electron chi connectivity index (χ4n) is 1.72. The Morgan fingerprint density at radius 3 is 2.65 bits per heavy atom. The maximum atomic E-state index is 11.0. The quantitative estimate of drug-likeness (QED) is 0.818. The smallest absolute Gasteiger partial charge is 0.346 e. The highest BCUT2D eigenvalue weighted by molar-refractivity contribution is 7.12. The molecule has 0 aromatic carbocycles. The Hall–Kier alpha value is -0.910. The van der Waals surface area contributed by atoms with Gasteiger partial charge in [-0.1, -0.05) is 6.92 Å². The molecule has 0 radical (unpaired) electrons. The highest BCUT2D eigenvalue weighted by atomic mass is 32.1. The van der Waals surface area contributed by atoms with Crippen LogP contribution in [0.5, 0.6) is 0 Å². The van der Waals surface area contributed by atoms with Crippen molar-refractivity contribution in [3.63, 3.8) is 0 Å². The van der Waals surface area contributed by atoms with Gasteiger partial charge in [0.1, 0.15) is 4.88 Å². The van der Waals surface area contributed by atoms with Gasteiger partial charge in [-0.25, -0.2) is 4.79 Å². The van der Waals surface area contributed by atoms with E-state index >= 15 is 0 Å². The molecule has 96 valence electrons. The first kappa shape index (κ1) is 14.2. The molecule has 0 aliphatic heterocycles. The Bertz CT molecular complexity index is 381. The molecule has 17 heavy (non-hydrogen) atoms. The van der Waals surface area contributed by atoms with Crippen LogP contribution in [0.15, 0.2) is 11.4 Å². The first-order valence-electron chi connectivity index (χ1n) is 5.58. The van der Waals surface area contributed by atoms with Gasteiger partial charge < -0.3 is 10.2 Å². The van der Waals surface area contributed by atoms with Crippen molar-refractivity contribution in [1.82, 2.24) is 4.90 Å². The summed E-state index contributed by atoms with van der Waals surface area (Å²) in [6.07, 6.45) is 0. The van der Waals surface area contributed by atoms with E-state index in [1.165, 1.54) is 11.3 Å². The van der Waals surface area contributed by atoms with Gasteiger partial charge in [0.2, 0.25) is 0 Å². The van der Waals surface area contributed by atoms with Crippen molar-refractivity contribution in [2.45, 2.75) is 32.9 Å². The molecule has 1 aromatic heterocycles. The third kappa shape index (κ3) is 4.46. The molecular formula is C12H19NO3S. The number of nitrogens with zero attached hydrogens (tertiary/aromatic N) is 1. The number of aromatic carboxylic acids is 1. The third-order valence-electron chi connectivity index (χ3n) is 2.39. The molecule has 0 saturated heterocycles. The summed E-state index contributed by atoms with van der Waals surface area (Å²) in [5.41, 5.74) is 0.0451. The number of rotatable bonds is 6. The van der Waals surface area contributed by atoms with Crippen molar-refractivity contribution in [3.05, 3.63) is 21.9 Å². The van der Waals surface area contributed by atoms with Gasteiger partial charge in [0.05, 0.1) is 5.60 Å². The van der Waals surface area contributed by atoms with E-state index in [2.05, 4.69) is 0 Å². The second kappa shape index (κ2) is 5.62. The maximum Gasteiger partial charge on any atom is 0.346 e. The second-order valence-electron chi connectivity index (χ2n) is 4.70. The van der Waals surface area contributed by atoms with E-state index < -0.39 is 11.6 Å². The molecule has 1 aromatic rings. The topological polar surface area (TPSA) is 60.8 Å². The van der Waals surface area contributed by atoms with E-state index in [1.54, 1.807) is 19.2 Å². The Morgan fingerprint density at radius 2 is 2.18 bits per heavy atom. The molecular weight excluding hydrogens is 238 g/mol. The van der Waals surface area contributed by atoms with E-state index in [-0.39, 0.29) is 0 Å². The summed E-state index contributed by atoms with van der Waals surface area (Å²) in [5, 5.41) is 20.6. The Labute approximate surface area is 106 Å². The minimum atomic E-state index is -0.880. The van der Waals surface area contributed by atoms with Crippen molar-refractivity contribution in [3.8, 4) is 0 Å². The lowest BCUT2D eigenvalue weighted by Crippen LogP contribution is -2.38. The molecule has 0 aliphatic rings. The van der Waals surface area contributed by atoms with Gasteiger partial charge in [0, 0.05) is 13.1 Å². The number of carboxylic acids is 1. The summed E-state index contributed by atoms with van der Waals surface area (Å²) < 4.78 is 0. The van der Waals surface area contributed by atoms with Crippen LogP contribution in [0.4, 0.5) is 0 Å². The van der Waals surface area contributed by atoms with Crippen molar-refractivity contribution in [2.24, 2.45) is 0 Å². The molecule has 0 atom stereocenters. The molecule has 2 N–H and O–H groups in total. The van der Waals surface area contributed by atoms with Crippen molar-refractivity contribution in [1.29, 1.82) is 0 Å². The predicted molar refractivity (Wildman–Crippen MR) is 68.5 cm³/mol. The second-order valence-corrected chi connectivity index (χ2v) is 5.61. The third-order valence-corrected chi connectivity index (χ3v) is 3.34. The highest BCUT2D eigenvalue weighted by Gasteiger charge is 2.19. The number of carbonyl (C=O) groups is 1. The summed E-state index contributed by atoms with van der Waals surface area (Å²) in [5.74, 6) is -0.880. The van der Waals surface area contributed by atoms with E-state index in [1.807, 2.05) is 17.9 Å². The summed E-state index contributed by atoms with van der Waals surface area (Å²) in [6, 6.07) is 1.83. The lowest BCUT2D eigenvalue weighted by atomic mass is 10.1. The number of carboxylic acid groups (broad SMARTS) is 1. The van der Waals surface area contributed by atoms with Gasteiger partial charge in [0.15, 0.2) is 0 Å². The van der Waals surface area contributed by atoms with Crippen LogP contribution < -0.4 is 0 Å². The van der Waals surface area contributed by atoms with Crippen LogP contribution in [0.2, 0.25) is 0 Å². The van der Waals surface area contributed by atoms with E-state index in [0.717, 1.165) is 12.1 Å². The molecule has 0 saturated carbocycles. The zero-order chi connectivity index (χ0) is 13.1. The number of aliphatic hydroxyl groups is 1. The molecule has 5 heteroatoms. The van der Waals surface area contributed by atoms with Gasteiger partial charge in [-0.05, 0) is 37.4 Å². The van der Waals surface area contributed by atoms with Crippen LogP contribution in [-0.4, -0.2) is 39.8 Å². The van der Waals surface area contributed by atoms with Gasteiger partial charge >= 0.3 is 5.97 Å². The molecule has 0 spiro atoms.